The van der Waals surface area contributed by atoms with Crippen LogP contribution >= 0.6 is 11.6 Å². The molecule has 0 spiro atoms. The van der Waals surface area contributed by atoms with Crippen molar-refractivity contribution >= 4 is 34.4 Å². The van der Waals surface area contributed by atoms with Crippen LogP contribution in [0.2, 0.25) is 5.15 Å². The number of pyridine rings is 1. The van der Waals surface area contributed by atoms with Gasteiger partial charge in [0.1, 0.15) is 29.7 Å². The topological polar surface area (TPSA) is 83.9 Å². The summed E-state index contributed by atoms with van der Waals surface area (Å²) in [7, 11) is 1.85. The number of amides is 1. The van der Waals surface area contributed by atoms with E-state index in [1.54, 1.807) is 4.90 Å². The zero-order valence-electron chi connectivity index (χ0n) is 22.5. The summed E-state index contributed by atoms with van der Waals surface area (Å²) in [5.41, 5.74) is -0.998. The zero-order valence-corrected chi connectivity index (χ0v) is 23.3. The fourth-order valence-corrected chi connectivity index (χ4v) is 6.30. The molecule has 0 radical (unpaired) electrons. The Kier molecular flexibility index (Phi) is 7.04. The SMILES string of the molecule is C[C@@H]1[C@H](N(C)c2nc(OC[C@@]34CCCN3C[C@H](F)C4)nc3c(F)c(Cl)ncc23)CCN1C(=O)OC(C)(C)C. The maximum Gasteiger partial charge on any atom is 0.410 e. The average molecular weight is 553 g/mol. The Morgan fingerprint density at radius 3 is 2.82 bits per heavy atom. The first-order valence-corrected chi connectivity index (χ1v) is 13.5. The predicted molar refractivity (Wildman–Crippen MR) is 140 cm³/mol. The smallest absolute Gasteiger partial charge is 0.410 e. The minimum atomic E-state index is -0.891. The number of alkyl halides is 1. The number of fused-ring (bicyclic) bond motifs is 2. The molecule has 0 aliphatic carbocycles. The molecule has 38 heavy (non-hydrogen) atoms. The number of ether oxygens (including phenoxy) is 2. The maximum atomic E-state index is 15.1. The highest BCUT2D eigenvalue weighted by Gasteiger charge is 2.49. The van der Waals surface area contributed by atoms with Gasteiger partial charge in [-0.25, -0.2) is 18.6 Å². The Morgan fingerprint density at radius 1 is 1.32 bits per heavy atom. The molecule has 9 nitrogen and oxygen atoms in total. The summed E-state index contributed by atoms with van der Waals surface area (Å²) in [6.07, 6.45) is 3.06. The molecule has 3 aliphatic heterocycles. The quantitative estimate of drug-likeness (QED) is 0.497. The van der Waals surface area contributed by atoms with E-state index in [2.05, 4.69) is 19.9 Å². The normalized spacial score (nSPS) is 27.7. The second-order valence-electron chi connectivity index (χ2n) is 11.7. The van der Waals surface area contributed by atoms with Crippen molar-refractivity contribution < 1.29 is 23.0 Å². The minimum Gasteiger partial charge on any atom is -0.461 e. The molecule has 0 unspecified atom stereocenters. The Balaban J connectivity index is 1.44. The summed E-state index contributed by atoms with van der Waals surface area (Å²) in [4.78, 5) is 31.5. The number of halogens is 3. The first-order chi connectivity index (χ1) is 17.9. The summed E-state index contributed by atoms with van der Waals surface area (Å²) < 4.78 is 41.0. The van der Waals surface area contributed by atoms with Crippen molar-refractivity contribution in [1.29, 1.82) is 0 Å². The molecule has 2 aromatic heterocycles. The van der Waals surface area contributed by atoms with E-state index in [4.69, 9.17) is 21.1 Å². The number of hydrogen-bond donors (Lipinski definition) is 0. The summed E-state index contributed by atoms with van der Waals surface area (Å²) in [5.74, 6) is -0.335. The van der Waals surface area contributed by atoms with Gasteiger partial charge in [-0.05, 0) is 53.5 Å². The standard InChI is InChI=1S/C26H35ClF2N6O3/c1-15-18(7-10-35(15)24(36)38-25(2,3)4)33(5)22-17-12-30-21(27)19(29)20(17)31-23(32-22)37-14-26-8-6-9-34(26)13-16(28)11-26/h12,15-16,18H,6-11,13-14H2,1-5H3/t15-,16-,18-,26+/m1/s1. The van der Waals surface area contributed by atoms with E-state index < -0.39 is 23.1 Å². The van der Waals surface area contributed by atoms with Crippen molar-refractivity contribution in [1.82, 2.24) is 24.8 Å². The predicted octanol–water partition coefficient (Wildman–Crippen LogP) is 4.61. The van der Waals surface area contributed by atoms with E-state index in [1.165, 1.54) is 6.20 Å². The van der Waals surface area contributed by atoms with Crippen molar-refractivity contribution in [3.8, 4) is 6.01 Å². The number of likely N-dealkylation sites (tertiary alicyclic amines) is 1. The van der Waals surface area contributed by atoms with Gasteiger partial charge in [-0.3, -0.25) is 4.90 Å². The number of rotatable bonds is 5. The Labute approximate surface area is 226 Å². The zero-order chi connectivity index (χ0) is 27.4. The summed E-state index contributed by atoms with van der Waals surface area (Å²) in [5, 5.41) is 0.0905. The van der Waals surface area contributed by atoms with Crippen molar-refractivity contribution in [3.63, 3.8) is 0 Å². The third-order valence-electron chi connectivity index (χ3n) is 8.01. The van der Waals surface area contributed by atoms with Gasteiger partial charge in [0.25, 0.3) is 0 Å². The van der Waals surface area contributed by atoms with Crippen LogP contribution in [0.5, 0.6) is 6.01 Å². The molecule has 4 atom stereocenters. The highest BCUT2D eigenvalue weighted by atomic mass is 35.5. The fraction of sp³-hybridized carbons (Fsp3) is 0.692. The summed E-state index contributed by atoms with van der Waals surface area (Å²) >= 11 is 5.99. The molecule has 5 heterocycles. The van der Waals surface area contributed by atoms with Crippen molar-refractivity contribution in [2.45, 2.75) is 82.8 Å². The van der Waals surface area contributed by atoms with Crippen LogP contribution < -0.4 is 9.64 Å². The van der Waals surface area contributed by atoms with Gasteiger partial charge in [0, 0.05) is 32.8 Å². The number of aromatic nitrogens is 3. The highest BCUT2D eigenvalue weighted by Crippen LogP contribution is 2.41. The number of likely N-dealkylation sites (N-methyl/N-ethyl adjacent to an activating group) is 1. The average Bonchev–Trinajstić information content (AvgIpc) is 3.50. The second kappa shape index (κ2) is 9.89. The highest BCUT2D eigenvalue weighted by molar-refractivity contribution is 6.30. The molecule has 3 aliphatic rings. The van der Waals surface area contributed by atoms with Crippen LogP contribution in [0.1, 0.15) is 53.4 Å². The Bertz CT molecular complexity index is 1230. The molecule has 0 aromatic carbocycles. The molecule has 0 saturated carbocycles. The monoisotopic (exact) mass is 552 g/mol. The number of hydrogen-bond acceptors (Lipinski definition) is 8. The number of carbonyl (C=O) groups excluding carboxylic acids is 1. The van der Waals surface area contributed by atoms with E-state index in [1.807, 2.05) is 39.6 Å². The molecule has 5 rings (SSSR count). The molecule has 12 heteroatoms. The number of carbonyl (C=O) groups is 1. The second-order valence-corrected chi connectivity index (χ2v) is 12.1. The van der Waals surface area contributed by atoms with Gasteiger partial charge in [0.05, 0.1) is 23.0 Å². The molecule has 208 valence electrons. The largest absolute Gasteiger partial charge is 0.461 e. The molecular formula is C26H35ClF2N6O3. The van der Waals surface area contributed by atoms with Crippen LogP contribution in [0.4, 0.5) is 19.4 Å². The van der Waals surface area contributed by atoms with Crippen LogP contribution in [0, 0.1) is 5.82 Å². The molecule has 3 fully saturated rings. The molecular weight excluding hydrogens is 518 g/mol. The van der Waals surface area contributed by atoms with Gasteiger partial charge < -0.3 is 19.3 Å². The van der Waals surface area contributed by atoms with E-state index in [9.17, 15) is 9.18 Å². The molecule has 0 N–H and O–H groups in total. The molecule has 0 bridgehead atoms. The maximum absolute atomic E-state index is 15.1. The molecule has 2 aromatic rings. The third-order valence-corrected chi connectivity index (χ3v) is 8.27. The van der Waals surface area contributed by atoms with E-state index >= 15 is 4.39 Å². The molecule has 1 amide bonds. The minimum absolute atomic E-state index is 0.00121. The van der Waals surface area contributed by atoms with Crippen molar-refractivity contribution in [2.75, 3.05) is 38.2 Å². The van der Waals surface area contributed by atoms with Gasteiger partial charge in [-0.2, -0.15) is 9.97 Å². The van der Waals surface area contributed by atoms with Crippen LogP contribution in [0.3, 0.4) is 0 Å². The van der Waals surface area contributed by atoms with Gasteiger partial charge >= 0.3 is 12.1 Å². The summed E-state index contributed by atoms with van der Waals surface area (Å²) in [6.45, 7) is 9.42. The van der Waals surface area contributed by atoms with E-state index in [-0.39, 0.29) is 41.5 Å². The first-order valence-electron chi connectivity index (χ1n) is 13.1. The van der Waals surface area contributed by atoms with Crippen molar-refractivity contribution in [3.05, 3.63) is 17.2 Å². The van der Waals surface area contributed by atoms with Crippen LogP contribution in [0.15, 0.2) is 6.20 Å². The molecule has 3 saturated heterocycles. The Hall–Kier alpha value is -2.53. The van der Waals surface area contributed by atoms with Crippen LogP contribution in [0.25, 0.3) is 10.9 Å². The lowest BCUT2D eigenvalue weighted by Crippen LogP contribution is -2.45. The lowest BCUT2D eigenvalue weighted by atomic mass is 9.95. The van der Waals surface area contributed by atoms with Gasteiger partial charge in [0.15, 0.2) is 11.0 Å². The third kappa shape index (κ3) is 4.95. The number of nitrogens with zero attached hydrogens (tertiary/aromatic N) is 6. The van der Waals surface area contributed by atoms with Crippen LogP contribution in [-0.2, 0) is 4.74 Å². The summed E-state index contributed by atoms with van der Waals surface area (Å²) in [6, 6.07) is -0.322. The van der Waals surface area contributed by atoms with Crippen molar-refractivity contribution in [2.24, 2.45) is 0 Å². The van der Waals surface area contributed by atoms with Crippen LogP contribution in [-0.4, -0.2) is 93.5 Å². The fourth-order valence-electron chi connectivity index (χ4n) is 6.16. The van der Waals surface area contributed by atoms with E-state index in [0.717, 1.165) is 19.4 Å². The van der Waals surface area contributed by atoms with E-state index in [0.29, 0.717) is 37.1 Å². The van der Waals surface area contributed by atoms with Gasteiger partial charge in [0.2, 0.25) is 0 Å². The van der Waals surface area contributed by atoms with Gasteiger partial charge in [-0.1, -0.05) is 11.6 Å². The van der Waals surface area contributed by atoms with Gasteiger partial charge in [-0.15, -0.1) is 0 Å². The number of anilines is 1. The lowest BCUT2D eigenvalue weighted by molar-refractivity contribution is 0.0233. The Morgan fingerprint density at radius 2 is 2.08 bits per heavy atom. The lowest BCUT2D eigenvalue weighted by Gasteiger charge is -2.33. The first kappa shape index (κ1) is 27.1.